The molecule has 1 fully saturated rings. The summed E-state index contributed by atoms with van der Waals surface area (Å²) < 4.78 is 40.8. The van der Waals surface area contributed by atoms with E-state index in [1.807, 2.05) is 24.3 Å². The first kappa shape index (κ1) is 21.5. The average Bonchev–Trinajstić information content (AvgIpc) is 2.78. The molecule has 1 saturated heterocycles. The summed E-state index contributed by atoms with van der Waals surface area (Å²) in [5.41, 5.74) is 2.07. The molecule has 2 aromatic carbocycles. The molecule has 0 unspecified atom stereocenters. The van der Waals surface area contributed by atoms with E-state index >= 15 is 0 Å². The van der Waals surface area contributed by atoms with E-state index in [0.717, 1.165) is 17.2 Å². The number of piperazine rings is 1. The van der Waals surface area contributed by atoms with E-state index in [2.05, 4.69) is 0 Å². The van der Waals surface area contributed by atoms with E-state index in [0.29, 0.717) is 13.0 Å². The molecule has 0 aliphatic carbocycles. The summed E-state index contributed by atoms with van der Waals surface area (Å²) in [6.45, 7) is 2.36. The van der Waals surface area contributed by atoms with Crippen LogP contribution >= 0.6 is 0 Å². The first-order valence-electron chi connectivity index (χ1n) is 10.2. The molecular weight excluding hydrogens is 421 g/mol. The van der Waals surface area contributed by atoms with E-state index in [-0.39, 0.29) is 42.9 Å². The van der Waals surface area contributed by atoms with Gasteiger partial charge in [-0.15, -0.1) is 0 Å². The van der Waals surface area contributed by atoms with Crippen LogP contribution < -0.4 is 0 Å². The molecule has 2 aromatic rings. The zero-order valence-electron chi connectivity index (χ0n) is 17.2. The number of carbonyl (C=O) groups is 2. The molecule has 2 heterocycles. The highest BCUT2D eigenvalue weighted by atomic mass is 32.2. The van der Waals surface area contributed by atoms with E-state index in [4.69, 9.17) is 0 Å². The van der Waals surface area contributed by atoms with Crippen molar-refractivity contribution < 1.29 is 22.4 Å². The number of carbonyl (C=O) groups excluding carboxylic acids is 2. The summed E-state index contributed by atoms with van der Waals surface area (Å²) in [5.74, 6) is -1.15. The van der Waals surface area contributed by atoms with Crippen LogP contribution in [0.25, 0.3) is 0 Å². The Morgan fingerprint density at radius 3 is 2.19 bits per heavy atom. The topological polar surface area (TPSA) is 78.0 Å². The van der Waals surface area contributed by atoms with E-state index in [1.54, 1.807) is 9.80 Å². The van der Waals surface area contributed by atoms with Crippen molar-refractivity contribution in [3.05, 3.63) is 65.5 Å². The van der Waals surface area contributed by atoms with Crippen LogP contribution in [0.3, 0.4) is 0 Å². The van der Waals surface area contributed by atoms with Gasteiger partial charge in [0.15, 0.2) is 0 Å². The third-order valence-electron chi connectivity index (χ3n) is 5.94. The van der Waals surface area contributed by atoms with Crippen molar-refractivity contribution in [2.24, 2.45) is 0 Å². The number of sulfonamides is 1. The number of amides is 2. The molecule has 7 nitrogen and oxygen atoms in total. The summed E-state index contributed by atoms with van der Waals surface area (Å²) >= 11 is 0. The number of nitrogens with zero attached hydrogens (tertiary/aromatic N) is 3. The van der Waals surface area contributed by atoms with Gasteiger partial charge >= 0.3 is 0 Å². The van der Waals surface area contributed by atoms with Gasteiger partial charge in [-0.05, 0) is 23.3 Å². The van der Waals surface area contributed by atoms with Crippen LogP contribution in [0.1, 0.15) is 18.1 Å². The van der Waals surface area contributed by atoms with Gasteiger partial charge in [0.25, 0.3) is 0 Å². The largest absolute Gasteiger partial charge is 0.338 e. The predicted molar refractivity (Wildman–Crippen MR) is 112 cm³/mol. The minimum atomic E-state index is -3.98. The Kier molecular flexibility index (Phi) is 5.81. The number of hydrogen-bond acceptors (Lipinski definition) is 4. The lowest BCUT2D eigenvalue weighted by Crippen LogP contribution is -2.57. The molecule has 0 spiro atoms. The second-order valence-corrected chi connectivity index (χ2v) is 9.70. The third kappa shape index (κ3) is 4.07. The van der Waals surface area contributed by atoms with Gasteiger partial charge in [0.1, 0.15) is 16.8 Å². The van der Waals surface area contributed by atoms with Gasteiger partial charge in [-0.2, -0.15) is 4.31 Å². The number of benzene rings is 2. The first-order chi connectivity index (χ1) is 14.8. The fourth-order valence-corrected chi connectivity index (χ4v) is 5.71. The molecule has 2 aliphatic rings. The Balaban J connectivity index is 1.48. The summed E-state index contributed by atoms with van der Waals surface area (Å²) in [6.07, 6.45) is 0.433. The molecule has 1 atom stereocenters. The smallest absolute Gasteiger partial charge is 0.246 e. The monoisotopic (exact) mass is 445 g/mol. The number of halogens is 1. The van der Waals surface area contributed by atoms with Gasteiger partial charge in [-0.3, -0.25) is 9.59 Å². The summed E-state index contributed by atoms with van der Waals surface area (Å²) in [5, 5.41) is 0. The number of rotatable bonds is 3. The van der Waals surface area contributed by atoms with Crippen molar-refractivity contribution in [2.75, 3.05) is 26.2 Å². The third-order valence-corrected chi connectivity index (χ3v) is 7.87. The molecule has 0 saturated carbocycles. The average molecular weight is 446 g/mol. The van der Waals surface area contributed by atoms with Crippen LogP contribution in [0, 0.1) is 5.82 Å². The van der Waals surface area contributed by atoms with Crippen LogP contribution in [0.4, 0.5) is 4.39 Å². The maximum Gasteiger partial charge on any atom is 0.246 e. The highest BCUT2D eigenvalue weighted by molar-refractivity contribution is 7.89. The lowest BCUT2D eigenvalue weighted by Gasteiger charge is -2.40. The van der Waals surface area contributed by atoms with Gasteiger partial charge in [-0.1, -0.05) is 36.4 Å². The molecule has 31 heavy (non-hydrogen) atoms. The molecule has 2 amide bonds. The number of fused-ring (bicyclic) bond motifs is 1. The molecular formula is C22H24FN3O4S. The number of hydrogen-bond donors (Lipinski definition) is 0. The Morgan fingerprint density at radius 2 is 1.55 bits per heavy atom. The normalized spacial score (nSPS) is 19.7. The molecule has 4 rings (SSSR count). The first-order valence-corrected chi connectivity index (χ1v) is 11.6. The molecule has 0 bridgehead atoms. The van der Waals surface area contributed by atoms with Crippen molar-refractivity contribution in [3.8, 4) is 0 Å². The lowest BCUT2D eigenvalue weighted by molar-refractivity contribution is -0.146. The van der Waals surface area contributed by atoms with Gasteiger partial charge in [0.05, 0.1) is 0 Å². The Morgan fingerprint density at radius 1 is 0.935 bits per heavy atom. The molecule has 9 heteroatoms. The van der Waals surface area contributed by atoms with Crippen molar-refractivity contribution >= 4 is 21.8 Å². The van der Waals surface area contributed by atoms with Crippen LogP contribution in [0.15, 0.2) is 53.4 Å². The van der Waals surface area contributed by atoms with Crippen molar-refractivity contribution in [1.29, 1.82) is 0 Å². The molecule has 0 aromatic heterocycles. The van der Waals surface area contributed by atoms with Gasteiger partial charge in [-0.25, -0.2) is 12.8 Å². The second kappa shape index (κ2) is 8.39. The van der Waals surface area contributed by atoms with E-state index < -0.39 is 21.9 Å². The summed E-state index contributed by atoms with van der Waals surface area (Å²) in [6, 6.07) is 12.4. The SMILES string of the molecule is CC(=O)N1Cc2ccccc2C[C@@H]1C(=O)N1CCN(S(=O)(=O)c2ccccc2F)CC1. The Hall–Kier alpha value is -2.78. The van der Waals surface area contributed by atoms with Crippen LogP contribution in [0.5, 0.6) is 0 Å². The van der Waals surface area contributed by atoms with Crippen LogP contribution in [-0.2, 0) is 32.6 Å². The fourth-order valence-electron chi connectivity index (χ4n) is 4.23. The van der Waals surface area contributed by atoms with E-state index in [1.165, 1.54) is 29.4 Å². The Bertz CT molecular complexity index is 1110. The zero-order chi connectivity index (χ0) is 22.2. The minimum Gasteiger partial charge on any atom is -0.338 e. The lowest BCUT2D eigenvalue weighted by atomic mass is 9.93. The minimum absolute atomic E-state index is 0.0752. The molecule has 164 valence electrons. The second-order valence-electron chi connectivity index (χ2n) is 7.80. The standard InChI is InChI=1S/C22H24FN3O4S/c1-16(27)26-15-18-7-3-2-6-17(18)14-20(26)22(28)24-10-12-25(13-11-24)31(29,30)21-9-5-4-8-19(21)23/h2-9,20H,10-15H2,1H3/t20-/m1/s1. The van der Waals surface area contributed by atoms with Crippen molar-refractivity contribution in [2.45, 2.75) is 30.8 Å². The van der Waals surface area contributed by atoms with Crippen molar-refractivity contribution in [3.63, 3.8) is 0 Å². The highest BCUT2D eigenvalue weighted by Crippen LogP contribution is 2.26. The quantitative estimate of drug-likeness (QED) is 0.720. The van der Waals surface area contributed by atoms with Gasteiger partial charge in [0, 0.05) is 46.1 Å². The van der Waals surface area contributed by atoms with Gasteiger partial charge < -0.3 is 9.80 Å². The van der Waals surface area contributed by atoms with Gasteiger partial charge in [0.2, 0.25) is 21.8 Å². The highest BCUT2D eigenvalue weighted by Gasteiger charge is 2.38. The molecule has 0 radical (unpaired) electrons. The summed E-state index contributed by atoms with van der Waals surface area (Å²) in [4.78, 5) is 28.3. The van der Waals surface area contributed by atoms with Crippen molar-refractivity contribution in [1.82, 2.24) is 14.1 Å². The van der Waals surface area contributed by atoms with Crippen LogP contribution in [-0.4, -0.2) is 66.6 Å². The van der Waals surface area contributed by atoms with Crippen LogP contribution in [0.2, 0.25) is 0 Å². The maximum absolute atomic E-state index is 14.0. The predicted octanol–water partition coefficient (Wildman–Crippen LogP) is 1.63. The molecule has 2 aliphatic heterocycles. The zero-order valence-corrected chi connectivity index (χ0v) is 18.0. The molecule has 0 N–H and O–H groups in total. The maximum atomic E-state index is 14.0. The van der Waals surface area contributed by atoms with E-state index in [9.17, 15) is 22.4 Å². The fraction of sp³-hybridized carbons (Fsp3) is 0.364. The Labute approximate surface area is 181 Å². The summed E-state index contributed by atoms with van der Waals surface area (Å²) in [7, 11) is -3.98.